The van der Waals surface area contributed by atoms with Crippen LogP contribution in [0.3, 0.4) is 0 Å². The first-order valence-electron chi connectivity index (χ1n) is 8.60. The minimum atomic E-state index is -1.14. The minimum Gasteiger partial charge on any atom is -0.650 e. The van der Waals surface area contributed by atoms with Crippen molar-refractivity contribution >= 4 is 18.5 Å². The molecule has 1 aliphatic heterocycles. The maximum absolute atomic E-state index is 11.1. The molecular formula is C20H28KO8-. The molecular weight excluding hydrogens is 407 g/mol. The fraction of sp³-hybridized carbons (Fsp3) is 0.450. The van der Waals surface area contributed by atoms with Crippen LogP contribution in [-0.4, -0.2) is 54.9 Å². The summed E-state index contributed by atoms with van der Waals surface area (Å²) >= 11 is 0. The number of benzene rings is 1. The Morgan fingerprint density at radius 3 is 2.59 bits per heavy atom. The second-order valence-corrected chi connectivity index (χ2v) is 5.34. The van der Waals surface area contributed by atoms with Gasteiger partial charge in [0, 0.05) is 12.8 Å². The standard InChI is InChI=1S/C17H19O8.C2H6.CH3.K/c1-22-14-7-11(3-2-6-23-10-18)4-5-13(14)24-16-9-12(19)8-15(25-16)17(20)21;1-2;;/h2-5,7,12,15-16,19H,6,8-9H2,1H3,(H,20,21);1-2H3;1H3;/q-1;;-1;+1/b3-2+;;;. The molecule has 0 aromatic heterocycles. The Morgan fingerprint density at radius 2 is 2.00 bits per heavy atom. The number of hydrogen-bond acceptors (Lipinski definition) is 7. The number of rotatable bonds is 8. The van der Waals surface area contributed by atoms with Crippen LogP contribution in [0, 0.1) is 7.43 Å². The van der Waals surface area contributed by atoms with E-state index in [0.717, 1.165) is 5.56 Å². The maximum atomic E-state index is 11.1. The first-order valence-corrected chi connectivity index (χ1v) is 8.60. The van der Waals surface area contributed by atoms with Gasteiger partial charge in [-0.3, -0.25) is 0 Å². The molecule has 1 aromatic carbocycles. The summed E-state index contributed by atoms with van der Waals surface area (Å²) in [6.45, 7) is 5.43. The second-order valence-electron chi connectivity index (χ2n) is 5.34. The van der Waals surface area contributed by atoms with E-state index in [-0.39, 0.29) is 78.3 Å². The van der Waals surface area contributed by atoms with Gasteiger partial charge in [-0.15, -0.1) is 0 Å². The molecule has 2 N–H and O–H groups in total. The molecule has 1 saturated heterocycles. The zero-order valence-electron chi connectivity index (χ0n) is 17.6. The summed E-state index contributed by atoms with van der Waals surface area (Å²) in [7, 11) is 1.47. The number of carbonyl (C=O) groups excluding carboxylic acids is 1. The third-order valence-electron chi connectivity index (χ3n) is 3.54. The van der Waals surface area contributed by atoms with Crippen molar-refractivity contribution in [1.82, 2.24) is 0 Å². The zero-order valence-corrected chi connectivity index (χ0v) is 20.7. The summed E-state index contributed by atoms with van der Waals surface area (Å²) < 4.78 is 20.7. The van der Waals surface area contributed by atoms with Gasteiger partial charge in [-0.1, -0.05) is 38.5 Å². The molecule has 1 heterocycles. The van der Waals surface area contributed by atoms with Crippen LogP contribution in [0.15, 0.2) is 24.3 Å². The zero-order chi connectivity index (χ0) is 20.2. The van der Waals surface area contributed by atoms with Crippen LogP contribution in [0.1, 0.15) is 32.3 Å². The van der Waals surface area contributed by atoms with Crippen LogP contribution in [0.4, 0.5) is 0 Å². The van der Waals surface area contributed by atoms with Crippen molar-refractivity contribution in [3.63, 3.8) is 0 Å². The van der Waals surface area contributed by atoms with E-state index < -0.39 is 24.5 Å². The summed E-state index contributed by atoms with van der Waals surface area (Å²) in [4.78, 5) is 21.0. The summed E-state index contributed by atoms with van der Waals surface area (Å²) in [6.07, 6.45) is 0.726. The van der Waals surface area contributed by atoms with Crippen molar-refractivity contribution in [2.24, 2.45) is 0 Å². The Morgan fingerprint density at radius 1 is 1.31 bits per heavy atom. The molecule has 9 heteroatoms. The molecule has 3 atom stereocenters. The number of aliphatic hydroxyl groups excluding tert-OH is 1. The van der Waals surface area contributed by atoms with E-state index in [1.807, 2.05) is 13.8 Å². The van der Waals surface area contributed by atoms with Crippen LogP contribution in [0.5, 0.6) is 11.5 Å². The third-order valence-corrected chi connectivity index (χ3v) is 3.54. The van der Waals surface area contributed by atoms with E-state index in [1.54, 1.807) is 30.4 Å². The van der Waals surface area contributed by atoms with Gasteiger partial charge < -0.3 is 41.4 Å². The molecule has 1 aromatic rings. The average molecular weight is 436 g/mol. The maximum Gasteiger partial charge on any atom is 1.00 e. The Kier molecular flexibility index (Phi) is 17.5. The molecule has 0 aliphatic carbocycles. The van der Waals surface area contributed by atoms with Crippen molar-refractivity contribution < 1.29 is 90.1 Å². The van der Waals surface area contributed by atoms with Gasteiger partial charge in [-0.05, 0) is 17.7 Å². The van der Waals surface area contributed by atoms with Crippen molar-refractivity contribution in [3.05, 3.63) is 37.3 Å². The number of ether oxygens (including phenoxy) is 4. The number of carbonyl (C=O) groups is 1. The van der Waals surface area contributed by atoms with E-state index >= 15 is 0 Å². The SMILES string of the molecule is CC.COc1cc(/C=C/CO[C-]=O)ccc1OC1CC(O)CC(C(=O)O)O1.[CH3-].[K+]. The fourth-order valence-corrected chi connectivity index (χ4v) is 2.39. The predicted molar refractivity (Wildman–Crippen MR) is 104 cm³/mol. The molecule has 3 unspecified atom stereocenters. The van der Waals surface area contributed by atoms with Crippen molar-refractivity contribution in [2.75, 3.05) is 13.7 Å². The van der Waals surface area contributed by atoms with Crippen molar-refractivity contribution in [2.45, 2.75) is 45.2 Å². The van der Waals surface area contributed by atoms with E-state index in [9.17, 15) is 14.7 Å². The van der Waals surface area contributed by atoms with E-state index in [1.165, 1.54) is 13.6 Å². The largest absolute Gasteiger partial charge is 1.00 e. The van der Waals surface area contributed by atoms with Gasteiger partial charge >= 0.3 is 57.4 Å². The normalized spacial score (nSPS) is 20.2. The van der Waals surface area contributed by atoms with Gasteiger partial charge in [0.2, 0.25) is 6.29 Å². The Labute approximate surface area is 214 Å². The minimum absolute atomic E-state index is 0. The van der Waals surface area contributed by atoms with Crippen LogP contribution >= 0.6 is 0 Å². The Balaban J connectivity index is 0. The number of methoxy groups -OCH3 is 1. The summed E-state index contributed by atoms with van der Waals surface area (Å²) in [5.74, 6) is -0.365. The van der Waals surface area contributed by atoms with Crippen molar-refractivity contribution in [1.29, 1.82) is 0 Å². The Hall–Kier alpha value is -0.944. The smallest absolute Gasteiger partial charge is 0.650 e. The number of hydrogen-bond donors (Lipinski definition) is 2. The first-order chi connectivity index (χ1) is 13.0. The molecule has 29 heavy (non-hydrogen) atoms. The molecule has 8 nitrogen and oxygen atoms in total. The first kappa shape index (κ1) is 30.3. The number of aliphatic hydroxyl groups is 1. The molecule has 158 valence electrons. The van der Waals surface area contributed by atoms with E-state index in [2.05, 4.69) is 4.74 Å². The molecule has 0 amide bonds. The molecule has 0 radical (unpaired) electrons. The summed E-state index contributed by atoms with van der Waals surface area (Å²) in [5, 5.41) is 18.8. The summed E-state index contributed by atoms with van der Waals surface area (Å²) in [6, 6.07) is 5.09. The monoisotopic (exact) mass is 435 g/mol. The third kappa shape index (κ3) is 10.6. The van der Waals surface area contributed by atoms with Gasteiger partial charge in [0.1, 0.15) is 0 Å². The summed E-state index contributed by atoms with van der Waals surface area (Å²) in [5.41, 5.74) is 0.784. The molecule has 0 spiro atoms. The van der Waals surface area contributed by atoms with Gasteiger partial charge in [0.25, 0.3) is 0 Å². The topological polar surface area (TPSA) is 112 Å². The van der Waals surface area contributed by atoms with Crippen molar-refractivity contribution in [3.8, 4) is 11.5 Å². The second kappa shape index (κ2) is 16.8. The molecule has 0 saturated carbocycles. The van der Waals surface area contributed by atoms with Gasteiger partial charge in [-0.2, -0.15) is 0 Å². The van der Waals surface area contributed by atoms with Crippen LogP contribution < -0.4 is 60.9 Å². The van der Waals surface area contributed by atoms with E-state index in [4.69, 9.17) is 19.3 Å². The fourth-order valence-electron chi connectivity index (χ4n) is 2.39. The van der Waals surface area contributed by atoms with Gasteiger partial charge in [0.15, 0.2) is 17.6 Å². The Bertz CT molecular complexity index is 635. The number of aliphatic carboxylic acids is 1. The number of carboxylic acids is 1. The molecule has 1 fully saturated rings. The van der Waals surface area contributed by atoms with Gasteiger partial charge in [0.05, 0.1) is 19.8 Å². The molecule has 2 rings (SSSR count). The predicted octanol–water partition coefficient (Wildman–Crippen LogP) is -0.398. The average Bonchev–Trinajstić information content (AvgIpc) is 2.67. The van der Waals surface area contributed by atoms with Crippen LogP contribution in [0.2, 0.25) is 0 Å². The van der Waals surface area contributed by atoms with E-state index in [0.29, 0.717) is 11.5 Å². The quantitative estimate of drug-likeness (QED) is 0.322. The molecule has 0 bridgehead atoms. The number of carboxylic acid groups (broad SMARTS) is 1. The van der Waals surface area contributed by atoms with Crippen LogP contribution in [-0.2, 0) is 19.1 Å². The molecule has 1 aliphatic rings. The van der Waals surface area contributed by atoms with Gasteiger partial charge in [-0.25, -0.2) is 4.79 Å². The van der Waals surface area contributed by atoms with Crippen LogP contribution in [0.25, 0.3) is 6.08 Å².